The molecule has 0 aliphatic heterocycles. The molecule has 3 aromatic rings. The molecule has 0 bridgehead atoms. The average Bonchev–Trinajstić information content (AvgIpc) is 2.61. The van der Waals surface area contributed by atoms with E-state index in [9.17, 15) is 5.11 Å². The maximum absolute atomic E-state index is 10.6. The molecule has 0 radical (unpaired) electrons. The van der Waals surface area contributed by atoms with Gasteiger partial charge in [-0.05, 0) is 40.7 Å². The molecule has 1 unspecified atom stereocenters. The number of benzene rings is 3. The average molecular weight is 304 g/mol. The second kappa shape index (κ2) is 7.43. The number of aliphatic hydroxyl groups is 1. The minimum Gasteiger partial charge on any atom is -0.388 e. The molecule has 1 heteroatoms. The van der Waals surface area contributed by atoms with Gasteiger partial charge in [0.25, 0.3) is 0 Å². The summed E-state index contributed by atoms with van der Waals surface area (Å²) in [4.78, 5) is 0. The van der Waals surface area contributed by atoms with Crippen LogP contribution in [-0.4, -0.2) is 5.11 Å². The Bertz CT molecular complexity index is 748. The monoisotopic (exact) mass is 304 g/mol. The lowest BCUT2D eigenvalue weighted by Crippen LogP contribution is -2.06. The summed E-state index contributed by atoms with van der Waals surface area (Å²) < 4.78 is 0. The van der Waals surface area contributed by atoms with E-state index < -0.39 is 6.10 Å². The highest BCUT2D eigenvalue weighted by Gasteiger charge is 2.17. The Morgan fingerprint density at radius 1 is 0.783 bits per heavy atom. The number of hydrogen-bond donors (Lipinski definition) is 1. The Labute approximate surface area is 138 Å². The predicted octanol–water partition coefficient (Wildman–Crippen LogP) is 5.85. The first-order chi connectivity index (χ1) is 11.3. The molecular weight excluding hydrogens is 280 g/mol. The van der Waals surface area contributed by atoms with Gasteiger partial charge in [-0.2, -0.15) is 0 Å². The topological polar surface area (TPSA) is 20.2 Å². The van der Waals surface area contributed by atoms with Crippen molar-refractivity contribution in [3.05, 3.63) is 83.9 Å². The second-order valence-electron chi connectivity index (χ2n) is 6.25. The maximum Gasteiger partial charge on any atom is 0.0795 e. The van der Waals surface area contributed by atoms with Gasteiger partial charge in [0.1, 0.15) is 0 Å². The molecule has 0 heterocycles. The summed E-state index contributed by atoms with van der Waals surface area (Å²) in [6.45, 7) is 2.21. The minimum atomic E-state index is -0.403. The van der Waals surface area contributed by atoms with Gasteiger partial charge >= 0.3 is 0 Å². The molecule has 0 saturated heterocycles. The molecule has 0 saturated carbocycles. The summed E-state index contributed by atoms with van der Waals surface area (Å²) in [6.07, 6.45) is 2.59. The molecule has 3 rings (SSSR count). The molecule has 118 valence electrons. The fourth-order valence-electron chi connectivity index (χ4n) is 3.31. The van der Waals surface area contributed by atoms with Crippen molar-refractivity contribution in [1.82, 2.24) is 0 Å². The van der Waals surface area contributed by atoms with Crippen molar-refractivity contribution < 1.29 is 5.11 Å². The fraction of sp³-hybridized carbons (Fsp3) is 0.273. The quantitative estimate of drug-likeness (QED) is 0.606. The second-order valence-corrected chi connectivity index (χ2v) is 6.25. The third-order valence-corrected chi connectivity index (χ3v) is 4.57. The molecular formula is C22H24O. The standard InChI is InChI=1S/C22H24O/c1-2-8-19(16-22(23)18-10-4-3-5-11-18)21-14-13-17-9-6-7-12-20(17)15-21/h3-7,9-15,19,22-23H,2,8,16H2,1H3/t19?,22-/m0/s1. The third-order valence-electron chi connectivity index (χ3n) is 4.57. The number of hydrogen-bond acceptors (Lipinski definition) is 1. The molecule has 2 atom stereocenters. The van der Waals surface area contributed by atoms with Crippen LogP contribution in [0, 0.1) is 0 Å². The van der Waals surface area contributed by atoms with Gasteiger partial charge in [-0.3, -0.25) is 0 Å². The molecule has 0 fully saturated rings. The third kappa shape index (κ3) is 3.80. The van der Waals surface area contributed by atoms with Crippen molar-refractivity contribution in [3.8, 4) is 0 Å². The highest BCUT2D eigenvalue weighted by Crippen LogP contribution is 2.33. The zero-order valence-electron chi connectivity index (χ0n) is 13.7. The summed E-state index contributed by atoms with van der Waals surface area (Å²) >= 11 is 0. The van der Waals surface area contributed by atoms with Gasteiger partial charge in [-0.1, -0.05) is 86.1 Å². The number of fused-ring (bicyclic) bond motifs is 1. The van der Waals surface area contributed by atoms with E-state index in [4.69, 9.17) is 0 Å². The lowest BCUT2D eigenvalue weighted by atomic mass is 9.86. The smallest absolute Gasteiger partial charge is 0.0795 e. The highest BCUT2D eigenvalue weighted by molar-refractivity contribution is 5.83. The van der Waals surface area contributed by atoms with E-state index in [1.165, 1.54) is 16.3 Å². The summed E-state index contributed by atoms with van der Waals surface area (Å²) in [6, 6.07) is 25.2. The molecule has 0 aliphatic rings. The number of aliphatic hydroxyl groups excluding tert-OH is 1. The van der Waals surface area contributed by atoms with Gasteiger partial charge in [0, 0.05) is 0 Å². The van der Waals surface area contributed by atoms with Crippen LogP contribution in [0.3, 0.4) is 0 Å². The van der Waals surface area contributed by atoms with E-state index in [0.717, 1.165) is 24.8 Å². The summed E-state index contributed by atoms with van der Waals surface area (Å²) in [5, 5.41) is 13.1. The van der Waals surface area contributed by atoms with Crippen molar-refractivity contribution in [2.75, 3.05) is 0 Å². The number of rotatable bonds is 6. The Kier molecular flexibility index (Phi) is 5.09. The van der Waals surface area contributed by atoms with Gasteiger partial charge in [-0.25, -0.2) is 0 Å². The van der Waals surface area contributed by atoms with Crippen molar-refractivity contribution in [3.63, 3.8) is 0 Å². The van der Waals surface area contributed by atoms with Crippen LogP contribution in [0.1, 0.15) is 49.3 Å². The maximum atomic E-state index is 10.6. The largest absolute Gasteiger partial charge is 0.388 e. The first-order valence-corrected chi connectivity index (χ1v) is 8.49. The van der Waals surface area contributed by atoms with E-state index >= 15 is 0 Å². The molecule has 23 heavy (non-hydrogen) atoms. The van der Waals surface area contributed by atoms with Crippen LogP contribution in [-0.2, 0) is 0 Å². The summed E-state index contributed by atoms with van der Waals surface area (Å²) in [7, 11) is 0. The van der Waals surface area contributed by atoms with E-state index in [2.05, 4.69) is 49.4 Å². The Morgan fingerprint density at radius 2 is 1.48 bits per heavy atom. The Balaban J connectivity index is 1.85. The normalized spacial score (nSPS) is 13.8. The van der Waals surface area contributed by atoms with Crippen molar-refractivity contribution in [1.29, 1.82) is 0 Å². The molecule has 0 aliphatic carbocycles. The SMILES string of the molecule is CCCC(C[C@H](O)c1ccccc1)c1ccc2ccccc2c1. The molecule has 1 N–H and O–H groups in total. The van der Waals surface area contributed by atoms with Crippen LogP contribution < -0.4 is 0 Å². The van der Waals surface area contributed by atoms with E-state index in [0.29, 0.717) is 5.92 Å². The summed E-state index contributed by atoms with van der Waals surface area (Å²) in [5.74, 6) is 0.389. The van der Waals surface area contributed by atoms with Gasteiger partial charge in [0.2, 0.25) is 0 Å². The lowest BCUT2D eigenvalue weighted by molar-refractivity contribution is 0.155. The molecule has 0 spiro atoms. The zero-order valence-corrected chi connectivity index (χ0v) is 13.7. The van der Waals surface area contributed by atoms with Gasteiger partial charge in [0.05, 0.1) is 6.10 Å². The first-order valence-electron chi connectivity index (χ1n) is 8.49. The summed E-state index contributed by atoms with van der Waals surface area (Å²) in [5.41, 5.74) is 2.34. The van der Waals surface area contributed by atoms with E-state index in [-0.39, 0.29) is 0 Å². The van der Waals surface area contributed by atoms with Crippen LogP contribution in [0.25, 0.3) is 10.8 Å². The first kappa shape index (κ1) is 15.8. The van der Waals surface area contributed by atoms with Crippen LogP contribution >= 0.6 is 0 Å². The Morgan fingerprint density at radius 3 is 2.22 bits per heavy atom. The van der Waals surface area contributed by atoms with Crippen LogP contribution in [0.2, 0.25) is 0 Å². The van der Waals surface area contributed by atoms with Crippen molar-refractivity contribution in [2.45, 2.75) is 38.2 Å². The lowest BCUT2D eigenvalue weighted by Gasteiger charge is -2.21. The van der Waals surface area contributed by atoms with Crippen LogP contribution in [0.4, 0.5) is 0 Å². The molecule has 1 nitrogen and oxygen atoms in total. The molecule has 0 amide bonds. The van der Waals surface area contributed by atoms with Crippen molar-refractivity contribution >= 4 is 10.8 Å². The molecule has 3 aromatic carbocycles. The van der Waals surface area contributed by atoms with Gasteiger partial charge in [-0.15, -0.1) is 0 Å². The predicted molar refractivity (Wildman–Crippen MR) is 97.6 cm³/mol. The molecule has 0 aromatic heterocycles. The van der Waals surface area contributed by atoms with Crippen LogP contribution in [0.15, 0.2) is 72.8 Å². The van der Waals surface area contributed by atoms with Crippen LogP contribution in [0.5, 0.6) is 0 Å². The Hall–Kier alpha value is -2.12. The fourth-order valence-corrected chi connectivity index (χ4v) is 3.31. The van der Waals surface area contributed by atoms with E-state index in [1.807, 2.05) is 30.3 Å². The highest BCUT2D eigenvalue weighted by atomic mass is 16.3. The van der Waals surface area contributed by atoms with E-state index in [1.54, 1.807) is 0 Å². The van der Waals surface area contributed by atoms with Crippen molar-refractivity contribution in [2.24, 2.45) is 0 Å². The minimum absolute atomic E-state index is 0.389. The zero-order chi connectivity index (χ0) is 16.1. The van der Waals surface area contributed by atoms with Gasteiger partial charge < -0.3 is 5.11 Å². The van der Waals surface area contributed by atoms with Gasteiger partial charge in [0.15, 0.2) is 0 Å².